The van der Waals surface area contributed by atoms with E-state index in [-0.39, 0.29) is 6.04 Å². The molecule has 0 spiro atoms. The number of rotatable bonds is 7. The number of aromatic nitrogens is 3. The molecule has 1 atom stereocenters. The molecule has 0 aliphatic heterocycles. The Kier molecular flexibility index (Phi) is 5.10. The summed E-state index contributed by atoms with van der Waals surface area (Å²) in [6.45, 7) is 6.21. The van der Waals surface area contributed by atoms with E-state index >= 15 is 0 Å². The van der Waals surface area contributed by atoms with E-state index in [4.69, 9.17) is 0 Å². The number of aryl methyl sites for hydroxylation is 1. The Hall–Kier alpha value is -1.68. The minimum absolute atomic E-state index is 0.283. The fraction of sp³-hybridized carbons (Fsp3) is 0.467. The van der Waals surface area contributed by atoms with Crippen molar-refractivity contribution in [3.05, 3.63) is 48.0 Å². The van der Waals surface area contributed by atoms with Gasteiger partial charge in [0.2, 0.25) is 0 Å². The van der Waals surface area contributed by atoms with Crippen molar-refractivity contribution in [1.82, 2.24) is 20.1 Å². The zero-order valence-corrected chi connectivity index (χ0v) is 11.7. The number of likely N-dealkylation sites (N-methyl/N-ethyl adjacent to an activating group) is 1. The van der Waals surface area contributed by atoms with Crippen LogP contribution in [-0.4, -0.2) is 21.3 Å². The van der Waals surface area contributed by atoms with E-state index in [2.05, 4.69) is 41.5 Å². The summed E-state index contributed by atoms with van der Waals surface area (Å²) in [5.74, 6) is 0. The van der Waals surface area contributed by atoms with Crippen LogP contribution in [0.15, 0.2) is 36.8 Å². The topological polar surface area (TPSA) is 42.7 Å². The van der Waals surface area contributed by atoms with E-state index < -0.39 is 0 Å². The van der Waals surface area contributed by atoms with E-state index in [9.17, 15) is 0 Å². The van der Waals surface area contributed by atoms with Crippen LogP contribution >= 0.6 is 0 Å². The molecule has 2 rings (SSSR count). The van der Waals surface area contributed by atoms with Crippen molar-refractivity contribution in [3.63, 3.8) is 0 Å². The number of nitrogens with zero attached hydrogens (tertiary/aromatic N) is 3. The number of hydrogen-bond acceptors (Lipinski definition) is 3. The highest BCUT2D eigenvalue weighted by Crippen LogP contribution is 2.17. The first-order chi connectivity index (χ1) is 9.33. The standard InChI is InChI=1S/C15H22N4/c1-3-9-19-12-13(11-18-19)15(16-4-2)10-14-7-5-6-8-17-14/h5-8,11-12,15-16H,3-4,9-10H2,1-2H3. The van der Waals surface area contributed by atoms with Crippen molar-refractivity contribution in [2.45, 2.75) is 39.3 Å². The van der Waals surface area contributed by atoms with Crippen molar-refractivity contribution >= 4 is 0 Å². The van der Waals surface area contributed by atoms with E-state index in [0.717, 1.165) is 31.6 Å². The van der Waals surface area contributed by atoms with E-state index in [1.807, 2.05) is 29.2 Å². The largest absolute Gasteiger partial charge is 0.310 e. The van der Waals surface area contributed by atoms with Crippen molar-refractivity contribution in [2.24, 2.45) is 0 Å². The Morgan fingerprint density at radius 2 is 2.21 bits per heavy atom. The van der Waals surface area contributed by atoms with Gasteiger partial charge in [-0.3, -0.25) is 9.67 Å². The van der Waals surface area contributed by atoms with Gasteiger partial charge in [0, 0.05) is 42.7 Å². The first kappa shape index (κ1) is 13.7. The summed E-state index contributed by atoms with van der Waals surface area (Å²) in [7, 11) is 0. The van der Waals surface area contributed by atoms with Crippen LogP contribution in [-0.2, 0) is 13.0 Å². The van der Waals surface area contributed by atoms with Crippen molar-refractivity contribution in [1.29, 1.82) is 0 Å². The normalized spacial score (nSPS) is 12.5. The van der Waals surface area contributed by atoms with Gasteiger partial charge in [0.05, 0.1) is 6.20 Å². The lowest BCUT2D eigenvalue weighted by Gasteiger charge is -2.15. The molecule has 2 aromatic rings. The Morgan fingerprint density at radius 1 is 1.32 bits per heavy atom. The maximum Gasteiger partial charge on any atom is 0.0537 e. The zero-order valence-electron chi connectivity index (χ0n) is 11.7. The molecular formula is C15H22N4. The molecule has 0 saturated heterocycles. The first-order valence-electron chi connectivity index (χ1n) is 6.99. The Bertz CT molecular complexity index is 478. The van der Waals surface area contributed by atoms with Crippen molar-refractivity contribution < 1.29 is 0 Å². The van der Waals surface area contributed by atoms with Crippen LogP contribution in [0.3, 0.4) is 0 Å². The molecule has 1 N–H and O–H groups in total. The van der Waals surface area contributed by atoms with E-state index in [1.54, 1.807) is 0 Å². The molecule has 19 heavy (non-hydrogen) atoms. The summed E-state index contributed by atoms with van der Waals surface area (Å²) in [6.07, 6.45) is 7.95. The molecule has 0 aliphatic rings. The second kappa shape index (κ2) is 7.04. The zero-order chi connectivity index (χ0) is 13.5. The summed E-state index contributed by atoms with van der Waals surface area (Å²) in [5.41, 5.74) is 2.35. The molecule has 102 valence electrons. The summed E-state index contributed by atoms with van der Waals surface area (Å²) in [5, 5.41) is 7.92. The molecule has 4 nitrogen and oxygen atoms in total. The number of pyridine rings is 1. The highest BCUT2D eigenvalue weighted by molar-refractivity contribution is 5.15. The van der Waals surface area contributed by atoms with Crippen LogP contribution in [0.25, 0.3) is 0 Å². The SMILES string of the molecule is CCCn1cc(C(Cc2ccccn2)NCC)cn1. The van der Waals surface area contributed by atoms with Crippen molar-refractivity contribution in [2.75, 3.05) is 6.54 Å². The van der Waals surface area contributed by atoms with Crippen LogP contribution in [0.4, 0.5) is 0 Å². The molecule has 2 heterocycles. The lowest BCUT2D eigenvalue weighted by Crippen LogP contribution is -2.23. The first-order valence-corrected chi connectivity index (χ1v) is 6.99. The van der Waals surface area contributed by atoms with Gasteiger partial charge in [-0.2, -0.15) is 5.10 Å². The van der Waals surface area contributed by atoms with Gasteiger partial charge in [-0.15, -0.1) is 0 Å². The van der Waals surface area contributed by atoms with Gasteiger partial charge in [-0.05, 0) is 25.1 Å². The van der Waals surface area contributed by atoms with Crippen LogP contribution in [0.1, 0.15) is 37.6 Å². The van der Waals surface area contributed by atoms with Gasteiger partial charge in [-0.1, -0.05) is 19.9 Å². The molecule has 0 amide bonds. The maximum atomic E-state index is 4.41. The second-order valence-electron chi connectivity index (χ2n) is 4.67. The lowest BCUT2D eigenvalue weighted by atomic mass is 10.1. The van der Waals surface area contributed by atoms with Gasteiger partial charge in [0.15, 0.2) is 0 Å². The van der Waals surface area contributed by atoms with E-state index in [0.29, 0.717) is 0 Å². The van der Waals surface area contributed by atoms with Gasteiger partial charge in [-0.25, -0.2) is 0 Å². The Labute approximate surface area is 114 Å². The smallest absolute Gasteiger partial charge is 0.0537 e. The Morgan fingerprint density at radius 3 is 2.89 bits per heavy atom. The summed E-state index contributed by atoms with van der Waals surface area (Å²) in [4.78, 5) is 4.40. The molecule has 0 aromatic carbocycles. The number of nitrogens with one attached hydrogen (secondary N) is 1. The molecule has 2 aromatic heterocycles. The van der Waals surface area contributed by atoms with Crippen LogP contribution in [0, 0.1) is 0 Å². The second-order valence-corrected chi connectivity index (χ2v) is 4.67. The van der Waals surface area contributed by atoms with Crippen LogP contribution in [0.2, 0.25) is 0 Å². The minimum atomic E-state index is 0.283. The quantitative estimate of drug-likeness (QED) is 0.830. The van der Waals surface area contributed by atoms with Gasteiger partial charge in [0.1, 0.15) is 0 Å². The van der Waals surface area contributed by atoms with Gasteiger partial charge < -0.3 is 5.32 Å². The minimum Gasteiger partial charge on any atom is -0.310 e. The van der Waals surface area contributed by atoms with Crippen LogP contribution < -0.4 is 5.32 Å². The fourth-order valence-corrected chi connectivity index (χ4v) is 2.19. The lowest BCUT2D eigenvalue weighted by molar-refractivity contribution is 0.541. The maximum absolute atomic E-state index is 4.41. The highest BCUT2D eigenvalue weighted by Gasteiger charge is 2.13. The van der Waals surface area contributed by atoms with E-state index in [1.165, 1.54) is 5.56 Å². The molecule has 0 radical (unpaired) electrons. The average Bonchev–Trinajstić information content (AvgIpc) is 2.88. The predicted molar refractivity (Wildman–Crippen MR) is 76.9 cm³/mol. The average molecular weight is 258 g/mol. The highest BCUT2D eigenvalue weighted by atomic mass is 15.3. The third-order valence-electron chi connectivity index (χ3n) is 3.10. The molecular weight excluding hydrogens is 236 g/mol. The molecule has 1 unspecified atom stereocenters. The predicted octanol–water partition coefficient (Wildman–Crippen LogP) is 2.58. The summed E-state index contributed by atoms with van der Waals surface area (Å²) >= 11 is 0. The summed E-state index contributed by atoms with van der Waals surface area (Å²) < 4.78 is 2.01. The molecule has 0 saturated carbocycles. The summed E-state index contributed by atoms with van der Waals surface area (Å²) in [6, 6.07) is 6.34. The monoisotopic (exact) mass is 258 g/mol. The van der Waals surface area contributed by atoms with Gasteiger partial charge in [0.25, 0.3) is 0 Å². The molecule has 0 aliphatic carbocycles. The number of hydrogen-bond donors (Lipinski definition) is 1. The molecule has 4 heteroatoms. The molecule has 0 fully saturated rings. The molecule has 0 bridgehead atoms. The Balaban J connectivity index is 2.10. The van der Waals surface area contributed by atoms with Crippen molar-refractivity contribution in [3.8, 4) is 0 Å². The third-order valence-corrected chi connectivity index (χ3v) is 3.10. The van der Waals surface area contributed by atoms with Crippen LogP contribution in [0.5, 0.6) is 0 Å². The fourth-order valence-electron chi connectivity index (χ4n) is 2.19. The third kappa shape index (κ3) is 3.89. The van der Waals surface area contributed by atoms with Gasteiger partial charge >= 0.3 is 0 Å².